The molecule has 4 nitrogen and oxygen atoms in total. The van der Waals surface area contributed by atoms with Gasteiger partial charge in [0.15, 0.2) is 0 Å². The van der Waals surface area contributed by atoms with Crippen LogP contribution in [0.1, 0.15) is 64.1 Å². The van der Waals surface area contributed by atoms with Crippen LogP contribution in [0.15, 0.2) is 54.6 Å². The molecule has 1 amide bonds. The Balaban J connectivity index is 1.92. The first kappa shape index (κ1) is 23.3. The Kier molecular flexibility index (Phi) is 7.77. The van der Waals surface area contributed by atoms with E-state index in [0.717, 1.165) is 37.2 Å². The van der Waals surface area contributed by atoms with Gasteiger partial charge in [0.05, 0.1) is 19.3 Å². The SMILES string of the molecule is COc1ccccc1[C@@]1(CCN(C(C)=O)[C@@H](C)c2ccccc2)CCO[C@@H](C(C)C)C1. The van der Waals surface area contributed by atoms with E-state index in [-0.39, 0.29) is 23.5 Å². The van der Waals surface area contributed by atoms with Crippen molar-refractivity contribution in [2.75, 3.05) is 20.3 Å². The van der Waals surface area contributed by atoms with Gasteiger partial charge in [0.2, 0.25) is 5.91 Å². The molecule has 4 heteroatoms. The summed E-state index contributed by atoms with van der Waals surface area (Å²) >= 11 is 0. The van der Waals surface area contributed by atoms with Crippen molar-refractivity contribution in [2.24, 2.45) is 5.92 Å². The van der Waals surface area contributed by atoms with Crippen molar-refractivity contribution in [3.63, 3.8) is 0 Å². The molecule has 168 valence electrons. The summed E-state index contributed by atoms with van der Waals surface area (Å²) in [6, 6.07) is 18.7. The number of nitrogens with zero attached hydrogens (tertiary/aromatic N) is 1. The molecule has 31 heavy (non-hydrogen) atoms. The normalized spacial score (nSPS) is 22.2. The van der Waals surface area contributed by atoms with Gasteiger partial charge in [-0.15, -0.1) is 0 Å². The van der Waals surface area contributed by atoms with Gasteiger partial charge in [-0.05, 0) is 43.7 Å². The molecule has 0 radical (unpaired) electrons. The van der Waals surface area contributed by atoms with Crippen LogP contribution in [0.25, 0.3) is 0 Å². The summed E-state index contributed by atoms with van der Waals surface area (Å²) in [7, 11) is 1.74. The van der Waals surface area contributed by atoms with E-state index in [1.54, 1.807) is 14.0 Å². The summed E-state index contributed by atoms with van der Waals surface area (Å²) in [6.45, 7) is 9.68. The fraction of sp³-hybridized carbons (Fsp3) is 0.519. The molecule has 0 aromatic heterocycles. The van der Waals surface area contributed by atoms with Gasteiger partial charge >= 0.3 is 0 Å². The van der Waals surface area contributed by atoms with Crippen LogP contribution in [0, 0.1) is 5.92 Å². The lowest BCUT2D eigenvalue weighted by atomic mass is 9.68. The zero-order chi connectivity index (χ0) is 22.4. The monoisotopic (exact) mass is 423 g/mol. The van der Waals surface area contributed by atoms with Crippen LogP contribution in [-0.2, 0) is 14.9 Å². The van der Waals surface area contributed by atoms with Crippen molar-refractivity contribution in [1.29, 1.82) is 0 Å². The lowest BCUT2D eigenvalue weighted by Crippen LogP contribution is -2.44. The molecule has 1 aliphatic rings. The summed E-state index contributed by atoms with van der Waals surface area (Å²) in [5.74, 6) is 1.48. The Bertz CT molecular complexity index is 851. The maximum Gasteiger partial charge on any atom is 0.219 e. The van der Waals surface area contributed by atoms with Gasteiger partial charge in [0.1, 0.15) is 5.75 Å². The van der Waals surface area contributed by atoms with Crippen LogP contribution in [0.5, 0.6) is 5.75 Å². The molecule has 1 fully saturated rings. The Labute approximate surface area is 187 Å². The fourth-order valence-electron chi connectivity index (χ4n) is 4.94. The standard InChI is InChI=1S/C27H37NO3/c1-20(2)26-19-27(16-18-31-26,24-13-9-10-14-25(24)30-5)15-17-28(22(4)29)21(3)23-11-7-6-8-12-23/h6-14,20-21,26H,15-19H2,1-5H3/t21-,26+,27-/m0/s1. The number of para-hydroxylation sites is 1. The third-order valence-corrected chi connectivity index (χ3v) is 6.91. The number of ether oxygens (including phenoxy) is 2. The zero-order valence-electron chi connectivity index (χ0n) is 19.6. The van der Waals surface area contributed by atoms with Gasteiger partial charge in [-0.3, -0.25) is 4.79 Å². The lowest BCUT2D eigenvalue weighted by molar-refractivity contribution is -0.131. The molecule has 0 spiro atoms. The molecule has 3 atom stereocenters. The first-order chi connectivity index (χ1) is 14.9. The third kappa shape index (κ3) is 5.30. The van der Waals surface area contributed by atoms with E-state index in [2.05, 4.69) is 45.0 Å². The second kappa shape index (κ2) is 10.3. The Hall–Kier alpha value is -2.33. The third-order valence-electron chi connectivity index (χ3n) is 6.91. The number of carbonyl (C=O) groups is 1. The maximum atomic E-state index is 12.6. The minimum absolute atomic E-state index is 0.0363. The highest BCUT2D eigenvalue weighted by atomic mass is 16.5. The van der Waals surface area contributed by atoms with Gasteiger partial charge in [-0.25, -0.2) is 0 Å². The summed E-state index contributed by atoms with van der Waals surface area (Å²) < 4.78 is 11.9. The first-order valence-corrected chi connectivity index (χ1v) is 11.4. The van der Waals surface area contributed by atoms with E-state index in [0.29, 0.717) is 12.5 Å². The smallest absolute Gasteiger partial charge is 0.219 e. The Morgan fingerprint density at radius 2 is 1.81 bits per heavy atom. The number of rotatable bonds is 8. The van der Waals surface area contributed by atoms with Crippen molar-refractivity contribution in [1.82, 2.24) is 4.90 Å². The van der Waals surface area contributed by atoms with Crippen molar-refractivity contribution >= 4 is 5.91 Å². The number of methoxy groups -OCH3 is 1. The molecule has 0 unspecified atom stereocenters. The molecular weight excluding hydrogens is 386 g/mol. The number of hydrogen-bond donors (Lipinski definition) is 0. The number of hydrogen-bond acceptors (Lipinski definition) is 3. The Morgan fingerprint density at radius 3 is 2.45 bits per heavy atom. The fourth-order valence-corrected chi connectivity index (χ4v) is 4.94. The van der Waals surface area contributed by atoms with E-state index in [9.17, 15) is 4.79 Å². The summed E-state index contributed by atoms with van der Waals surface area (Å²) in [5.41, 5.74) is 2.32. The Morgan fingerprint density at radius 1 is 1.13 bits per heavy atom. The van der Waals surface area contributed by atoms with Crippen LogP contribution in [0.4, 0.5) is 0 Å². The highest BCUT2D eigenvalue weighted by Crippen LogP contribution is 2.45. The van der Waals surface area contributed by atoms with E-state index < -0.39 is 0 Å². The lowest BCUT2D eigenvalue weighted by Gasteiger charge is -2.44. The molecule has 2 aromatic rings. The molecular formula is C27H37NO3. The van der Waals surface area contributed by atoms with Crippen molar-refractivity contribution in [2.45, 2.75) is 64.5 Å². The maximum absolute atomic E-state index is 12.6. The topological polar surface area (TPSA) is 38.8 Å². The predicted octanol–water partition coefficient (Wildman–Crippen LogP) is 5.77. The number of benzene rings is 2. The molecule has 0 aliphatic carbocycles. The van der Waals surface area contributed by atoms with Gasteiger partial charge in [0, 0.05) is 31.1 Å². The molecule has 0 saturated carbocycles. The zero-order valence-corrected chi connectivity index (χ0v) is 19.6. The highest BCUT2D eigenvalue weighted by molar-refractivity contribution is 5.73. The van der Waals surface area contributed by atoms with Crippen LogP contribution >= 0.6 is 0 Å². The molecule has 2 aromatic carbocycles. The molecule has 0 bridgehead atoms. The van der Waals surface area contributed by atoms with Crippen LogP contribution in [-0.4, -0.2) is 37.2 Å². The largest absolute Gasteiger partial charge is 0.496 e. The number of carbonyl (C=O) groups excluding carboxylic acids is 1. The van der Waals surface area contributed by atoms with E-state index in [1.165, 1.54) is 5.56 Å². The van der Waals surface area contributed by atoms with E-state index in [4.69, 9.17) is 9.47 Å². The van der Waals surface area contributed by atoms with Gasteiger partial charge in [0.25, 0.3) is 0 Å². The molecule has 1 aliphatic heterocycles. The van der Waals surface area contributed by atoms with Gasteiger partial charge in [-0.1, -0.05) is 62.4 Å². The first-order valence-electron chi connectivity index (χ1n) is 11.4. The highest BCUT2D eigenvalue weighted by Gasteiger charge is 2.41. The molecule has 1 saturated heterocycles. The van der Waals surface area contributed by atoms with Crippen molar-refractivity contribution < 1.29 is 14.3 Å². The summed E-state index contributed by atoms with van der Waals surface area (Å²) in [6.07, 6.45) is 2.96. The summed E-state index contributed by atoms with van der Waals surface area (Å²) in [5, 5.41) is 0. The van der Waals surface area contributed by atoms with Crippen molar-refractivity contribution in [3.8, 4) is 5.75 Å². The minimum Gasteiger partial charge on any atom is -0.496 e. The van der Waals surface area contributed by atoms with E-state index in [1.807, 2.05) is 35.2 Å². The minimum atomic E-state index is -0.0795. The van der Waals surface area contributed by atoms with Gasteiger partial charge in [-0.2, -0.15) is 0 Å². The molecule has 3 rings (SSSR count). The van der Waals surface area contributed by atoms with Gasteiger partial charge < -0.3 is 14.4 Å². The number of amides is 1. The van der Waals surface area contributed by atoms with Crippen molar-refractivity contribution in [3.05, 3.63) is 65.7 Å². The van der Waals surface area contributed by atoms with Crippen LogP contribution < -0.4 is 4.74 Å². The average molecular weight is 424 g/mol. The second-order valence-corrected chi connectivity index (χ2v) is 9.14. The quantitative estimate of drug-likeness (QED) is 0.541. The molecule has 0 N–H and O–H groups in total. The van der Waals surface area contributed by atoms with E-state index >= 15 is 0 Å². The predicted molar refractivity (Wildman–Crippen MR) is 125 cm³/mol. The average Bonchev–Trinajstić information content (AvgIpc) is 2.79. The second-order valence-electron chi connectivity index (χ2n) is 9.14. The summed E-state index contributed by atoms with van der Waals surface area (Å²) in [4.78, 5) is 14.7. The molecule has 1 heterocycles. The van der Waals surface area contributed by atoms with Crippen LogP contribution in [0.2, 0.25) is 0 Å². The van der Waals surface area contributed by atoms with Crippen LogP contribution in [0.3, 0.4) is 0 Å².